The van der Waals surface area contributed by atoms with Crippen molar-refractivity contribution in [3.05, 3.63) is 30.0 Å². The second kappa shape index (κ2) is 9.17. The molecule has 0 bridgehead atoms. The van der Waals surface area contributed by atoms with Crippen LogP contribution in [0.1, 0.15) is 63.6 Å². The Bertz CT molecular complexity index is 1050. The van der Waals surface area contributed by atoms with Gasteiger partial charge in [0.05, 0.1) is 11.1 Å². The smallest absolute Gasteiger partial charge is 0.410 e. The molecule has 0 unspecified atom stereocenters. The molecule has 0 aliphatic carbocycles. The van der Waals surface area contributed by atoms with E-state index >= 15 is 0 Å². The van der Waals surface area contributed by atoms with Crippen LogP contribution in [0.5, 0.6) is 0 Å². The Morgan fingerprint density at radius 1 is 0.939 bits per heavy atom. The second-order valence-electron chi connectivity index (χ2n) is 10.4. The lowest BCUT2D eigenvalue weighted by Gasteiger charge is -2.36. The number of anilines is 1. The van der Waals surface area contributed by atoms with E-state index in [0.29, 0.717) is 37.3 Å². The topological polar surface area (TPSA) is 81.1 Å². The van der Waals surface area contributed by atoms with Crippen molar-refractivity contribution in [1.29, 1.82) is 0 Å². The molecule has 1 aromatic heterocycles. The van der Waals surface area contributed by atoms with E-state index in [-0.39, 0.29) is 24.4 Å². The predicted molar refractivity (Wildman–Crippen MR) is 128 cm³/mol. The van der Waals surface area contributed by atoms with Gasteiger partial charge in [-0.25, -0.2) is 4.79 Å². The molecule has 2 aromatic rings. The Morgan fingerprint density at radius 3 is 2.12 bits per heavy atom. The first-order valence-corrected chi connectivity index (χ1v) is 11.3. The zero-order valence-corrected chi connectivity index (χ0v) is 20.7. The van der Waals surface area contributed by atoms with E-state index in [4.69, 9.17) is 9.47 Å². The van der Waals surface area contributed by atoms with Crippen molar-refractivity contribution in [2.75, 3.05) is 37.7 Å². The quantitative estimate of drug-likeness (QED) is 0.635. The zero-order chi connectivity index (χ0) is 24.6. The Hall–Kier alpha value is -2.87. The molecule has 0 atom stereocenters. The number of hydrogen-bond acceptors (Lipinski definition) is 6. The van der Waals surface area contributed by atoms with E-state index in [2.05, 4.69) is 4.90 Å². The van der Waals surface area contributed by atoms with E-state index in [9.17, 15) is 14.4 Å². The highest BCUT2D eigenvalue weighted by atomic mass is 16.6. The number of carbonyl (C=O) groups excluding carboxylic acids is 3. The van der Waals surface area contributed by atoms with Gasteiger partial charge in [-0.1, -0.05) is 0 Å². The fourth-order valence-corrected chi connectivity index (χ4v) is 3.72. The van der Waals surface area contributed by atoms with Gasteiger partial charge in [-0.2, -0.15) is 0 Å². The number of piperazine rings is 1. The average Bonchev–Trinajstić information content (AvgIpc) is 3.09. The van der Waals surface area contributed by atoms with E-state index in [1.807, 2.05) is 59.7 Å². The third-order valence-electron chi connectivity index (χ3n) is 5.36. The van der Waals surface area contributed by atoms with Gasteiger partial charge in [-0.05, 0) is 66.7 Å². The number of hydrogen-bond donors (Lipinski definition) is 0. The second-order valence-corrected chi connectivity index (χ2v) is 10.4. The number of fused-ring (bicyclic) bond motifs is 1. The summed E-state index contributed by atoms with van der Waals surface area (Å²) in [5.41, 5.74) is 1.17. The highest BCUT2D eigenvalue weighted by Crippen LogP contribution is 2.28. The molecule has 0 radical (unpaired) electrons. The maximum atomic E-state index is 12.8. The van der Waals surface area contributed by atoms with Crippen LogP contribution in [0, 0.1) is 0 Å². The predicted octanol–water partition coefficient (Wildman–Crippen LogP) is 4.36. The van der Waals surface area contributed by atoms with E-state index in [1.54, 1.807) is 11.1 Å². The van der Waals surface area contributed by atoms with Gasteiger partial charge in [-0.3, -0.25) is 14.2 Å². The molecule has 1 amide bonds. The maximum absolute atomic E-state index is 12.8. The SMILES string of the molecule is CC(=O)c1cn(C(=O)COC(C)(C)C)c2ccc(N3CCN(C(=O)OC(C)(C)C)CC3)cc12. The minimum atomic E-state index is -0.523. The number of ketones is 1. The highest BCUT2D eigenvalue weighted by Gasteiger charge is 2.26. The van der Waals surface area contributed by atoms with Crippen molar-refractivity contribution in [3.8, 4) is 0 Å². The Morgan fingerprint density at radius 2 is 1.58 bits per heavy atom. The first-order valence-electron chi connectivity index (χ1n) is 11.3. The number of aromatic nitrogens is 1. The van der Waals surface area contributed by atoms with Gasteiger partial charge in [0.2, 0.25) is 0 Å². The molecule has 1 aliphatic heterocycles. The molecule has 1 aliphatic rings. The van der Waals surface area contributed by atoms with Crippen molar-refractivity contribution in [1.82, 2.24) is 9.47 Å². The Labute approximate surface area is 195 Å². The summed E-state index contributed by atoms with van der Waals surface area (Å²) in [6.45, 7) is 15.1. The number of benzene rings is 1. The van der Waals surface area contributed by atoms with Crippen LogP contribution in [-0.2, 0) is 9.47 Å². The van der Waals surface area contributed by atoms with Crippen LogP contribution in [-0.4, -0.2) is 71.2 Å². The van der Waals surface area contributed by atoms with Crippen molar-refractivity contribution in [2.24, 2.45) is 0 Å². The van der Waals surface area contributed by atoms with Gasteiger partial charge in [0.15, 0.2) is 5.78 Å². The molecular weight excluding hydrogens is 422 g/mol. The van der Waals surface area contributed by atoms with Gasteiger partial charge in [0, 0.05) is 49.0 Å². The summed E-state index contributed by atoms with van der Waals surface area (Å²) in [6.07, 6.45) is 1.30. The van der Waals surface area contributed by atoms with Crippen LogP contribution < -0.4 is 4.90 Å². The molecule has 33 heavy (non-hydrogen) atoms. The minimum absolute atomic E-state index is 0.0704. The number of carbonyl (C=O) groups is 3. The van der Waals surface area contributed by atoms with Crippen LogP contribution in [0.4, 0.5) is 10.5 Å². The lowest BCUT2D eigenvalue weighted by molar-refractivity contribution is -0.000500. The molecular formula is C25H35N3O5. The summed E-state index contributed by atoms with van der Waals surface area (Å²) in [5.74, 6) is -0.323. The molecule has 1 fully saturated rings. The maximum Gasteiger partial charge on any atom is 0.410 e. The normalized spacial score (nSPS) is 15.1. The van der Waals surface area contributed by atoms with Gasteiger partial charge in [0.1, 0.15) is 12.2 Å². The van der Waals surface area contributed by atoms with E-state index in [0.717, 1.165) is 11.1 Å². The lowest BCUT2D eigenvalue weighted by atomic mass is 10.1. The largest absolute Gasteiger partial charge is 0.444 e. The number of nitrogens with zero attached hydrogens (tertiary/aromatic N) is 3. The Kier molecular flexibility index (Phi) is 6.88. The lowest BCUT2D eigenvalue weighted by Crippen LogP contribution is -2.50. The number of amides is 1. The van der Waals surface area contributed by atoms with E-state index in [1.165, 1.54) is 11.5 Å². The average molecular weight is 458 g/mol. The molecule has 1 saturated heterocycles. The molecule has 180 valence electrons. The van der Waals surface area contributed by atoms with Crippen molar-refractivity contribution >= 4 is 34.4 Å². The van der Waals surface area contributed by atoms with Crippen molar-refractivity contribution < 1.29 is 23.9 Å². The number of ether oxygens (including phenoxy) is 2. The first-order chi connectivity index (χ1) is 15.2. The van der Waals surface area contributed by atoms with Gasteiger partial charge >= 0.3 is 6.09 Å². The third-order valence-corrected chi connectivity index (χ3v) is 5.36. The van der Waals surface area contributed by atoms with Crippen LogP contribution in [0.3, 0.4) is 0 Å². The van der Waals surface area contributed by atoms with Gasteiger partial charge < -0.3 is 19.3 Å². The Balaban J connectivity index is 1.80. The zero-order valence-electron chi connectivity index (χ0n) is 20.7. The molecule has 8 nitrogen and oxygen atoms in total. The van der Waals surface area contributed by atoms with Crippen LogP contribution in [0.25, 0.3) is 10.9 Å². The number of Topliss-reactive ketones (excluding diaryl/α,β-unsaturated/α-hetero) is 1. The van der Waals surface area contributed by atoms with Crippen LogP contribution in [0.2, 0.25) is 0 Å². The summed E-state index contributed by atoms with van der Waals surface area (Å²) in [4.78, 5) is 41.3. The van der Waals surface area contributed by atoms with Crippen molar-refractivity contribution in [2.45, 2.75) is 59.7 Å². The van der Waals surface area contributed by atoms with Crippen molar-refractivity contribution in [3.63, 3.8) is 0 Å². The summed E-state index contributed by atoms with van der Waals surface area (Å²) in [6, 6.07) is 5.76. The summed E-state index contributed by atoms with van der Waals surface area (Å²) in [5, 5.41) is 0.735. The molecule has 2 heterocycles. The van der Waals surface area contributed by atoms with Crippen LogP contribution >= 0.6 is 0 Å². The molecule has 8 heteroatoms. The monoisotopic (exact) mass is 457 g/mol. The standard InChI is InChI=1S/C25H35N3O5/c1-17(29)20-15-28(22(30)16-32-24(2,3)4)21-9-8-18(14-19(20)21)26-10-12-27(13-11-26)23(31)33-25(5,6)7/h8-9,14-15H,10-13,16H2,1-7H3. The molecule has 3 rings (SSSR count). The summed E-state index contributed by atoms with van der Waals surface area (Å²) < 4.78 is 12.6. The summed E-state index contributed by atoms with van der Waals surface area (Å²) >= 11 is 0. The molecule has 1 aromatic carbocycles. The van der Waals surface area contributed by atoms with Crippen LogP contribution in [0.15, 0.2) is 24.4 Å². The van der Waals surface area contributed by atoms with Gasteiger partial charge in [0.25, 0.3) is 5.91 Å². The highest BCUT2D eigenvalue weighted by molar-refractivity contribution is 6.10. The molecule has 0 spiro atoms. The third kappa shape index (κ3) is 6.13. The molecule has 0 N–H and O–H groups in total. The van der Waals surface area contributed by atoms with Gasteiger partial charge in [-0.15, -0.1) is 0 Å². The molecule has 0 saturated carbocycles. The first kappa shape index (κ1) is 24.8. The summed E-state index contributed by atoms with van der Waals surface area (Å²) in [7, 11) is 0. The number of rotatable bonds is 4. The fourth-order valence-electron chi connectivity index (χ4n) is 3.72. The fraction of sp³-hybridized carbons (Fsp3) is 0.560. The van der Waals surface area contributed by atoms with E-state index < -0.39 is 11.2 Å². The minimum Gasteiger partial charge on any atom is -0.444 e.